The highest BCUT2D eigenvalue weighted by molar-refractivity contribution is 6.33. The second-order valence-corrected chi connectivity index (χ2v) is 6.59. The molecule has 0 fully saturated rings. The van der Waals surface area contributed by atoms with Crippen molar-refractivity contribution in [3.8, 4) is 0 Å². The first kappa shape index (κ1) is 15.1. The van der Waals surface area contributed by atoms with Crippen molar-refractivity contribution in [1.82, 2.24) is 0 Å². The Balaban J connectivity index is 1.83. The van der Waals surface area contributed by atoms with Crippen molar-refractivity contribution in [1.29, 1.82) is 0 Å². The molecule has 6 heteroatoms. The van der Waals surface area contributed by atoms with Crippen LogP contribution in [0.3, 0.4) is 0 Å². The lowest BCUT2D eigenvalue weighted by molar-refractivity contribution is -0.384. The Kier molecular flexibility index (Phi) is 3.53. The number of rotatable bonds is 2. The van der Waals surface area contributed by atoms with Gasteiger partial charge in [0.05, 0.1) is 21.7 Å². The maximum atomic E-state index is 13.6. The normalized spacial score (nSPS) is 24.2. The molecule has 3 atom stereocenters. The van der Waals surface area contributed by atoms with Gasteiger partial charge in [-0.05, 0) is 35.6 Å². The number of non-ortho nitro benzene ring substituents is 1. The molecule has 1 N–H and O–H groups in total. The molecular weight excluding hydrogens is 331 g/mol. The summed E-state index contributed by atoms with van der Waals surface area (Å²) >= 11 is 6.30. The number of nitro groups is 1. The summed E-state index contributed by atoms with van der Waals surface area (Å²) in [5.74, 6) is -0.0679. The van der Waals surface area contributed by atoms with Crippen molar-refractivity contribution < 1.29 is 9.31 Å². The molecule has 0 aromatic heterocycles. The SMILES string of the molecule is O=[N+]([O-])c1cc(Cl)c2c(c1)[C@@H]1C=CC[C@H]1[C@@H](c1cccc(F)c1)N2. The second-order valence-electron chi connectivity index (χ2n) is 6.18. The van der Waals surface area contributed by atoms with Crippen LogP contribution in [0.1, 0.15) is 29.5 Å². The van der Waals surface area contributed by atoms with E-state index in [9.17, 15) is 14.5 Å². The van der Waals surface area contributed by atoms with Crippen LogP contribution in [-0.2, 0) is 0 Å². The molecular formula is C18H14ClFN2O2. The minimum atomic E-state index is -0.432. The van der Waals surface area contributed by atoms with Crippen LogP contribution in [0.15, 0.2) is 48.6 Å². The minimum Gasteiger partial charge on any atom is -0.376 e. The first-order valence-electron chi connectivity index (χ1n) is 7.71. The van der Waals surface area contributed by atoms with E-state index in [1.165, 1.54) is 18.2 Å². The molecule has 0 amide bonds. The van der Waals surface area contributed by atoms with Crippen LogP contribution >= 0.6 is 11.6 Å². The zero-order valence-electron chi connectivity index (χ0n) is 12.6. The van der Waals surface area contributed by atoms with Crippen molar-refractivity contribution in [2.75, 3.05) is 5.32 Å². The molecule has 122 valence electrons. The number of allylic oxidation sites excluding steroid dienone is 2. The highest BCUT2D eigenvalue weighted by Crippen LogP contribution is 2.52. The third kappa shape index (κ3) is 2.36. The van der Waals surface area contributed by atoms with Gasteiger partial charge >= 0.3 is 0 Å². The van der Waals surface area contributed by atoms with E-state index in [0.29, 0.717) is 10.7 Å². The molecule has 1 heterocycles. The zero-order valence-corrected chi connectivity index (χ0v) is 13.3. The highest BCUT2D eigenvalue weighted by atomic mass is 35.5. The molecule has 0 radical (unpaired) electrons. The summed E-state index contributed by atoms with van der Waals surface area (Å²) in [6.07, 6.45) is 4.97. The van der Waals surface area contributed by atoms with Crippen LogP contribution in [-0.4, -0.2) is 4.92 Å². The van der Waals surface area contributed by atoms with E-state index in [2.05, 4.69) is 17.5 Å². The van der Waals surface area contributed by atoms with E-state index in [1.807, 2.05) is 6.07 Å². The first-order valence-corrected chi connectivity index (χ1v) is 8.09. The van der Waals surface area contributed by atoms with Crippen LogP contribution in [0.2, 0.25) is 5.02 Å². The molecule has 0 spiro atoms. The van der Waals surface area contributed by atoms with Gasteiger partial charge in [0, 0.05) is 18.1 Å². The van der Waals surface area contributed by atoms with Crippen molar-refractivity contribution >= 4 is 23.0 Å². The van der Waals surface area contributed by atoms with Gasteiger partial charge in [0.25, 0.3) is 5.69 Å². The van der Waals surface area contributed by atoms with Gasteiger partial charge in [0.1, 0.15) is 5.82 Å². The highest BCUT2D eigenvalue weighted by Gasteiger charge is 2.39. The molecule has 0 saturated carbocycles. The maximum Gasteiger partial charge on any atom is 0.271 e. The van der Waals surface area contributed by atoms with Crippen LogP contribution < -0.4 is 5.32 Å². The third-order valence-corrected chi connectivity index (χ3v) is 5.12. The molecule has 0 saturated heterocycles. The predicted octanol–water partition coefficient (Wildman–Crippen LogP) is 5.21. The second kappa shape index (κ2) is 5.60. The number of benzene rings is 2. The van der Waals surface area contributed by atoms with Gasteiger partial charge in [-0.2, -0.15) is 0 Å². The number of nitrogens with zero attached hydrogens (tertiary/aromatic N) is 1. The summed E-state index contributed by atoms with van der Waals surface area (Å²) in [4.78, 5) is 10.7. The fourth-order valence-corrected chi connectivity index (χ4v) is 4.05. The van der Waals surface area contributed by atoms with E-state index in [-0.39, 0.29) is 29.4 Å². The topological polar surface area (TPSA) is 55.2 Å². The molecule has 1 aliphatic carbocycles. The van der Waals surface area contributed by atoms with Crippen LogP contribution in [0.5, 0.6) is 0 Å². The Morgan fingerprint density at radius 1 is 1.29 bits per heavy atom. The quantitative estimate of drug-likeness (QED) is 0.462. The van der Waals surface area contributed by atoms with E-state index in [4.69, 9.17) is 11.6 Å². The number of nitrogens with one attached hydrogen (secondary N) is 1. The van der Waals surface area contributed by atoms with Gasteiger partial charge in [0.2, 0.25) is 0 Å². The molecule has 1 aliphatic heterocycles. The smallest absolute Gasteiger partial charge is 0.271 e. The van der Waals surface area contributed by atoms with Gasteiger partial charge in [-0.25, -0.2) is 4.39 Å². The lowest BCUT2D eigenvalue weighted by atomic mass is 9.77. The summed E-state index contributed by atoms with van der Waals surface area (Å²) in [6.45, 7) is 0. The van der Waals surface area contributed by atoms with Crippen LogP contribution in [0, 0.1) is 21.8 Å². The summed E-state index contributed by atoms with van der Waals surface area (Å²) < 4.78 is 13.6. The average molecular weight is 345 g/mol. The molecule has 0 bridgehead atoms. The number of halogens is 2. The van der Waals surface area contributed by atoms with Crippen LogP contribution in [0.25, 0.3) is 0 Å². The van der Waals surface area contributed by atoms with Gasteiger partial charge in [-0.1, -0.05) is 35.9 Å². The maximum absolute atomic E-state index is 13.6. The Morgan fingerprint density at radius 2 is 2.12 bits per heavy atom. The summed E-state index contributed by atoms with van der Waals surface area (Å²) in [7, 11) is 0. The van der Waals surface area contributed by atoms with E-state index in [0.717, 1.165) is 17.5 Å². The number of anilines is 1. The standard InChI is InChI=1S/C18H14ClFN2O2/c19-16-9-12(22(23)24)8-15-13-5-2-6-14(13)17(21-18(15)16)10-3-1-4-11(20)7-10/h1-5,7-9,13-14,17,21H,6H2/t13-,14-,17-/m1/s1. The summed E-state index contributed by atoms with van der Waals surface area (Å²) in [5.41, 5.74) is 2.38. The Morgan fingerprint density at radius 3 is 2.88 bits per heavy atom. The van der Waals surface area contributed by atoms with E-state index in [1.54, 1.807) is 12.1 Å². The van der Waals surface area contributed by atoms with Crippen molar-refractivity contribution in [2.45, 2.75) is 18.4 Å². The number of hydrogen-bond acceptors (Lipinski definition) is 3. The van der Waals surface area contributed by atoms with E-state index < -0.39 is 4.92 Å². The zero-order chi connectivity index (χ0) is 16.8. The first-order chi connectivity index (χ1) is 11.5. The van der Waals surface area contributed by atoms with Gasteiger partial charge in [-0.15, -0.1) is 0 Å². The van der Waals surface area contributed by atoms with E-state index >= 15 is 0 Å². The Labute approximate surface area is 143 Å². The molecule has 2 aromatic rings. The summed E-state index contributed by atoms with van der Waals surface area (Å²) in [5, 5.41) is 14.8. The molecule has 2 aromatic carbocycles. The Bertz CT molecular complexity index is 868. The fourth-order valence-electron chi connectivity index (χ4n) is 3.78. The number of fused-ring (bicyclic) bond motifs is 3. The van der Waals surface area contributed by atoms with Gasteiger partial charge < -0.3 is 5.32 Å². The number of hydrogen-bond donors (Lipinski definition) is 1. The largest absolute Gasteiger partial charge is 0.376 e. The molecule has 24 heavy (non-hydrogen) atoms. The number of nitro benzene ring substituents is 1. The average Bonchev–Trinajstić information content (AvgIpc) is 3.04. The van der Waals surface area contributed by atoms with Crippen LogP contribution in [0.4, 0.5) is 15.8 Å². The molecule has 0 unspecified atom stereocenters. The molecule has 4 rings (SSSR count). The molecule has 4 nitrogen and oxygen atoms in total. The fraction of sp³-hybridized carbons (Fsp3) is 0.222. The lowest BCUT2D eigenvalue weighted by Gasteiger charge is -2.37. The predicted molar refractivity (Wildman–Crippen MR) is 90.9 cm³/mol. The van der Waals surface area contributed by atoms with Crippen molar-refractivity contribution in [3.63, 3.8) is 0 Å². The monoisotopic (exact) mass is 344 g/mol. The van der Waals surface area contributed by atoms with Gasteiger partial charge in [0.15, 0.2) is 0 Å². The van der Waals surface area contributed by atoms with Crippen molar-refractivity contribution in [3.05, 3.63) is 80.6 Å². The summed E-state index contributed by atoms with van der Waals surface area (Å²) in [6, 6.07) is 9.38. The minimum absolute atomic E-state index is 0.0104. The van der Waals surface area contributed by atoms with Gasteiger partial charge in [-0.3, -0.25) is 10.1 Å². The van der Waals surface area contributed by atoms with Crippen molar-refractivity contribution in [2.24, 2.45) is 5.92 Å². The Hall–Kier alpha value is -2.40. The molecule has 2 aliphatic rings. The lowest BCUT2D eigenvalue weighted by Crippen LogP contribution is -2.29. The third-order valence-electron chi connectivity index (χ3n) is 4.82.